The van der Waals surface area contributed by atoms with E-state index < -0.39 is 0 Å². The molecular formula is C12H15N3O. The lowest BCUT2D eigenvalue weighted by molar-refractivity contribution is 0.509. The fourth-order valence-electron chi connectivity index (χ4n) is 2.66. The van der Waals surface area contributed by atoms with Crippen LogP contribution < -0.4 is 11.4 Å². The minimum Gasteiger partial charge on any atom is -0.328 e. The fourth-order valence-corrected chi connectivity index (χ4v) is 2.66. The highest BCUT2D eigenvalue weighted by molar-refractivity contribution is 5.75. The van der Waals surface area contributed by atoms with Gasteiger partial charge >= 0.3 is 5.69 Å². The van der Waals surface area contributed by atoms with Crippen molar-refractivity contribution in [1.29, 1.82) is 0 Å². The molecule has 0 amide bonds. The van der Waals surface area contributed by atoms with Gasteiger partial charge in [-0.2, -0.15) is 0 Å². The Morgan fingerprint density at radius 1 is 1.31 bits per heavy atom. The monoisotopic (exact) mass is 217 g/mol. The second kappa shape index (κ2) is 3.49. The lowest BCUT2D eigenvalue weighted by Gasteiger charge is -2.11. The molecule has 4 nitrogen and oxygen atoms in total. The molecule has 3 rings (SSSR count). The Kier molecular flexibility index (Phi) is 2.11. The topological polar surface area (TPSA) is 63.8 Å². The minimum absolute atomic E-state index is 0.0136. The summed E-state index contributed by atoms with van der Waals surface area (Å²) in [4.78, 5) is 14.8. The van der Waals surface area contributed by atoms with E-state index in [4.69, 9.17) is 5.73 Å². The Labute approximate surface area is 93.1 Å². The van der Waals surface area contributed by atoms with Gasteiger partial charge in [0.1, 0.15) is 0 Å². The summed E-state index contributed by atoms with van der Waals surface area (Å²) in [5.74, 6) is 0. The number of hydrogen-bond acceptors (Lipinski definition) is 2. The number of benzene rings is 1. The van der Waals surface area contributed by atoms with Crippen molar-refractivity contribution in [2.24, 2.45) is 5.73 Å². The smallest absolute Gasteiger partial charge is 0.326 e. The summed E-state index contributed by atoms with van der Waals surface area (Å²) < 4.78 is 1.86. The van der Waals surface area contributed by atoms with Gasteiger partial charge in [0.2, 0.25) is 0 Å². The Morgan fingerprint density at radius 3 is 2.88 bits per heavy atom. The number of fused-ring (bicyclic) bond motifs is 1. The van der Waals surface area contributed by atoms with E-state index in [1.165, 1.54) is 0 Å². The van der Waals surface area contributed by atoms with Crippen LogP contribution in [0.1, 0.15) is 25.3 Å². The maximum atomic E-state index is 11.9. The number of hydrogen-bond donors (Lipinski definition) is 2. The van der Waals surface area contributed by atoms with E-state index in [1.807, 2.05) is 28.8 Å². The summed E-state index contributed by atoms with van der Waals surface area (Å²) >= 11 is 0. The molecule has 4 heteroatoms. The molecule has 2 unspecified atom stereocenters. The molecule has 0 aliphatic heterocycles. The van der Waals surface area contributed by atoms with Crippen molar-refractivity contribution >= 4 is 11.0 Å². The quantitative estimate of drug-likeness (QED) is 0.758. The number of para-hydroxylation sites is 2. The van der Waals surface area contributed by atoms with Crippen molar-refractivity contribution in [2.45, 2.75) is 31.3 Å². The molecular weight excluding hydrogens is 202 g/mol. The third-order valence-electron chi connectivity index (χ3n) is 3.43. The van der Waals surface area contributed by atoms with Gasteiger partial charge in [-0.25, -0.2) is 4.79 Å². The van der Waals surface area contributed by atoms with Crippen molar-refractivity contribution in [3.05, 3.63) is 34.7 Å². The number of nitrogens with zero attached hydrogens (tertiary/aromatic N) is 1. The molecule has 84 valence electrons. The summed E-state index contributed by atoms with van der Waals surface area (Å²) in [5, 5.41) is 0. The molecule has 0 bridgehead atoms. The third-order valence-corrected chi connectivity index (χ3v) is 3.43. The molecule has 0 radical (unpaired) electrons. The second-order valence-corrected chi connectivity index (χ2v) is 4.54. The zero-order valence-electron chi connectivity index (χ0n) is 9.02. The lowest BCUT2D eigenvalue weighted by Crippen LogP contribution is -2.22. The molecule has 1 aliphatic carbocycles. The summed E-state index contributed by atoms with van der Waals surface area (Å²) in [5.41, 5.74) is 7.79. The molecule has 0 saturated heterocycles. The van der Waals surface area contributed by atoms with Crippen LogP contribution in [0.3, 0.4) is 0 Å². The van der Waals surface area contributed by atoms with E-state index in [2.05, 4.69) is 4.98 Å². The predicted molar refractivity (Wildman–Crippen MR) is 63.4 cm³/mol. The van der Waals surface area contributed by atoms with Crippen LogP contribution in [-0.2, 0) is 0 Å². The average molecular weight is 217 g/mol. The molecule has 1 fully saturated rings. The largest absolute Gasteiger partial charge is 0.328 e. The van der Waals surface area contributed by atoms with Gasteiger partial charge in [-0.1, -0.05) is 12.1 Å². The van der Waals surface area contributed by atoms with Gasteiger partial charge < -0.3 is 10.7 Å². The summed E-state index contributed by atoms with van der Waals surface area (Å²) in [6.45, 7) is 0. The Morgan fingerprint density at radius 2 is 2.12 bits per heavy atom. The zero-order chi connectivity index (χ0) is 11.1. The van der Waals surface area contributed by atoms with Crippen molar-refractivity contribution in [1.82, 2.24) is 9.55 Å². The molecule has 1 aromatic heterocycles. The first-order chi connectivity index (χ1) is 7.75. The molecule has 1 saturated carbocycles. The highest BCUT2D eigenvalue weighted by atomic mass is 16.1. The molecule has 1 aliphatic rings. The standard InChI is InChI=1S/C12H15N3O/c13-8-5-6-9(7-8)15-11-4-2-1-3-10(11)14-12(15)16/h1-4,8-9H,5-7,13H2,(H,14,16). The average Bonchev–Trinajstić information content (AvgIpc) is 2.80. The van der Waals surface area contributed by atoms with E-state index in [9.17, 15) is 4.79 Å². The molecule has 2 atom stereocenters. The van der Waals surface area contributed by atoms with Crippen molar-refractivity contribution in [3.8, 4) is 0 Å². The van der Waals surface area contributed by atoms with Crippen LogP contribution in [0.15, 0.2) is 29.1 Å². The summed E-state index contributed by atoms with van der Waals surface area (Å²) in [6.07, 6.45) is 2.92. The van der Waals surface area contributed by atoms with Gasteiger partial charge in [-0.3, -0.25) is 4.57 Å². The van der Waals surface area contributed by atoms with E-state index in [0.717, 1.165) is 30.3 Å². The number of nitrogens with one attached hydrogen (secondary N) is 1. The summed E-state index contributed by atoms with van der Waals surface area (Å²) in [6, 6.07) is 8.31. The Hall–Kier alpha value is -1.55. The van der Waals surface area contributed by atoms with Crippen LogP contribution in [0.25, 0.3) is 11.0 Å². The van der Waals surface area contributed by atoms with Crippen LogP contribution in [0.4, 0.5) is 0 Å². The Bertz CT molecular complexity index is 569. The first-order valence-electron chi connectivity index (χ1n) is 5.70. The van der Waals surface area contributed by atoms with E-state index in [-0.39, 0.29) is 17.8 Å². The van der Waals surface area contributed by atoms with Gasteiger partial charge in [0.05, 0.1) is 11.0 Å². The summed E-state index contributed by atoms with van der Waals surface area (Å²) in [7, 11) is 0. The molecule has 3 N–H and O–H groups in total. The number of aromatic nitrogens is 2. The number of aromatic amines is 1. The van der Waals surface area contributed by atoms with Crippen LogP contribution in [0, 0.1) is 0 Å². The molecule has 1 heterocycles. The predicted octanol–water partition coefficient (Wildman–Crippen LogP) is 1.38. The number of H-pyrrole nitrogens is 1. The van der Waals surface area contributed by atoms with Gasteiger partial charge in [0.25, 0.3) is 0 Å². The van der Waals surface area contributed by atoms with Crippen molar-refractivity contribution < 1.29 is 0 Å². The molecule has 16 heavy (non-hydrogen) atoms. The highest BCUT2D eigenvalue weighted by Gasteiger charge is 2.25. The van der Waals surface area contributed by atoms with Crippen LogP contribution in [-0.4, -0.2) is 15.6 Å². The van der Waals surface area contributed by atoms with Crippen molar-refractivity contribution in [3.63, 3.8) is 0 Å². The first kappa shape index (κ1) is 9.66. The molecule has 1 aromatic carbocycles. The maximum absolute atomic E-state index is 11.9. The molecule has 0 spiro atoms. The molecule has 2 aromatic rings. The number of nitrogens with two attached hydrogens (primary N) is 1. The van der Waals surface area contributed by atoms with E-state index in [1.54, 1.807) is 0 Å². The van der Waals surface area contributed by atoms with Gasteiger partial charge in [-0.05, 0) is 31.4 Å². The van der Waals surface area contributed by atoms with Crippen LogP contribution >= 0.6 is 0 Å². The fraction of sp³-hybridized carbons (Fsp3) is 0.417. The van der Waals surface area contributed by atoms with Crippen molar-refractivity contribution in [2.75, 3.05) is 0 Å². The van der Waals surface area contributed by atoms with Gasteiger partial charge in [0, 0.05) is 12.1 Å². The normalized spacial score (nSPS) is 25.3. The second-order valence-electron chi connectivity index (χ2n) is 4.54. The van der Waals surface area contributed by atoms with Gasteiger partial charge in [-0.15, -0.1) is 0 Å². The van der Waals surface area contributed by atoms with E-state index >= 15 is 0 Å². The number of rotatable bonds is 1. The highest BCUT2D eigenvalue weighted by Crippen LogP contribution is 2.29. The van der Waals surface area contributed by atoms with Crippen LogP contribution in [0.2, 0.25) is 0 Å². The number of imidazole rings is 1. The first-order valence-corrected chi connectivity index (χ1v) is 5.70. The minimum atomic E-state index is -0.0136. The van der Waals surface area contributed by atoms with Crippen LogP contribution in [0.5, 0.6) is 0 Å². The van der Waals surface area contributed by atoms with E-state index in [0.29, 0.717) is 0 Å². The van der Waals surface area contributed by atoms with Gasteiger partial charge in [0.15, 0.2) is 0 Å². The third kappa shape index (κ3) is 1.38. The SMILES string of the molecule is NC1CCC(n2c(=O)[nH]c3ccccc32)C1. The zero-order valence-corrected chi connectivity index (χ0v) is 9.02. The maximum Gasteiger partial charge on any atom is 0.326 e. The Balaban J connectivity index is 2.15. The lowest BCUT2D eigenvalue weighted by atomic mass is 10.2.